The zero-order valence-electron chi connectivity index (χ0n) is 12.9. The minimum atomic E-state index is -0.154. The molecule has 0 radical (unpaired) electrons. The van der Waals surface area contributed by atoms with E-state index in [4.69, 9.17) is 14.3 Å². The van der Waals surface area contributed by atoms with E-state index >= 15 is 0 Å². The Morgan fingerprint density at radius 2 is 1.95 bits per heavy atom. The van der Waals surface area contributed by atoms with Crippen molar-refractivity contribution in [3.63, 3.8) is 0 Å². The van der Waals surface area contributed by atoms with E-state index in [2.05, 4.69) is 0 Å². The molecule has 0 aliphatic carbocycles. The minimum absolute atomic E-state index is 0.105. The van der Waals surface area contributed by atoms with Crippen LogP contribution in [0.25, 0.3) is 0 Å². The van der Waals surface area contributed by atoms with Crippen LogP contribution in [0.2, 0.25) is 0 Å². The van der Waals surface area contributed by atoms with Gasteiger partial charge < -0.3 is 9.47 Å². The van der Waals surface area contributed by atoms with Crippen molar-refractivity contribution in [1.29, 1.82) is 0 Å². The monoisotopic (exact) mass is 293 g/mol. The first-order valence-corrected chi connectivity index (χ1v) is 7.22. The molecule has 116 valence electrons. The second-order valence-electron chi connectivity index (χ2n) is 5.91. The molecular weight excluding hydrogens is 270 g/mol. The number of benzene rings is 1. The van der Waals surface area contributed by atoms with Crippen LogP contribution in [-0.2, 0) is 20.9 Å². The average molecular weight is 293 g/mol. The quantitative estimate of drug-likeness (QED) is 0.756. The van der Waals surface area contributed by atoms with Crippen LogP contribution < -0.4 is 0 Å². The molecule has 1 amide bonds. The zero-order valence-corrected chi connectivity index (χ0v) is 12.9. The van der Waals surface area contributed by atoms with E-state index in [1.165, 1.54) is 5.06 Å². The van der Waals surface area contributed by atoms with Gasteiger partial charge in [0.2, 0.25) is 0 Å². The van der Waals surface area contributed by atoms with Crippen molar-refractivity contribution >= 4 is 5.91 Å². The Hall–Kier alpha value is -1.43. The molecule has 1 heterocycles. The van der Waals surface area contributed by atoms with Crippen molar-refractivity contribution in [3.8, 4) is 0 Å². The van der Waals surface area contributed by atoms with Gasteiger partial charge in [0.15, 0.2) is 0 Å². The van der Waals surface area contributed by atoms with Gasteiger partial charge in [-0.2, -0.15) is 0 Å². The molecule has 5 heteroatoms. The molecule has 5 nitrogen and oxygen atoms in total. The number of hydrogen-bond donors (Lipinski definition) is 0. The lowest BCUT2D eigenvalue weighted by atomic mass is 10.1. The largest absolute Gasteiger partial charge is 0.377 e. The lowest BCUT2D eigenvalue weighted by molar-refractivity contribution is -0.149. The summed E-state index contributed by atoms with van der Waals surface area (Å²) in [4.78, 5) is 17.6. The molecule has 0 fully saturated rings. The summed E-state index contributed by atoms with van der Waals surface area (Å²) in [5, 5.41) is 1.37. The Bertz CT molecular complexity index is 481. The lowest BCUT2D eigenvalue weighted by Crippen LogP contribution is -2.38. The highest BCUT2D eigenvalue weighted by Gasteiger charge is 2.24. The van der Waals surface area contributed by atoms with Crippen molar-refractivity contribution in [2.24, 2.45) is 0 Å². The van der Waals surface area contributed by atoms with Crippen LogP contribution in [0.5, 0.6) is 0 Å². The Morgan fingerprint density at radius 3 is 2.71 bits per heavy atom. The highest BCUT2D eigenvalue weighted by atomic mass is 16.7. The maximum absolute atomic E-state index is 12.2. The highest BCUT2D eigenvalue weighted by molar-refractivity contribution is 5.95. The summed E-state index contributed by atoms with van der Waals surface area (Å²) in [6.45, 7) is 8.34. The first kappa shape index (κ1) is 15.9. The number of hydroxylamine groups is 2. The number of carbonyl (C=O) groups excluding carboxylic acids is 1. The third kappa shape index (κ3) is 4.81. The summed E-state index contributed by atoms with van der Waals surface area (Å²) in [5.74, 6) is -0.105. The average Bonchev–Trinajstić information content (AvgIpc) is 2.44. The van der Waals surface area contributed by atoms with Crippen LogP contribution >= 0.6 is 0 Å². The van der Waals surface area contributed by atoms with Crippen molar-refractivity contribution in [2.75, 3.05) is 26.4 Å². The second-order valence-corrected chi connectivity index (χ2v) is 5.91. The van der Waals surface area contributed by atoms with E-state index in [0.717, 1.165) is 5.56 Å². The molecule has 0 unspecified atom stereocenters. The smallest absolute Gasteiger partial charge is 0.277 e. The van der Waals surface area contributed by atoms with E-state index in [-0.39, 0.29) is 11.5 Å². The molecule has 1 aliphatic rings. The van der Waals surface area contributed by atoms with Crippen LogP contribution in [0.3, 0.4) is 0 Å². The van der Waals surface area contributed by atoms with Crippen LogP contribution in [0, 0.1) is 0 Å². The molecule has 2 rings (SSSR count). The maximum Gasteiger partial charge on any atom is 0.277 e. The number of ether oxygens (including phenoxy) is 2. The summed E-state index contributed by atoms with van der Waals surface area (Å²) in [5.41, 5.74) is 1.48. The molecule has 0 aromatic heterocycles. The van der Waals surface area contributed by atoms with Gasteiger partial charge in [-0.25, -0.2) is 5.06 Å². The standard InChI is InChI=1S/C16H23NO4/c1-16(2,3)20-11-10-19-9-8-17-15(18)14-7-5-4-6-13(14)12-21-17/h4-7H,8-12H2,1-3H3. The van der Waals surface area contributed by atoms with Crippen molar-refractivity contribution in [3.05, 3.63) is 35.4 Å². The Morgan fingerprint density at radius 1 is 1.19 bits per heavy atom. The number of amides is 1. The molecule has 0 spiro atoms. The summed E-state index contributed by atoms with van der Waals surface area (Å²) in [7, 11) is 0. The molecule has 0 saturated carbocycles. The third-order valence-electron chi connectivity index (χ3n) is 3.05. The van der Waals surface area contributed by atoms with Gasteiger partial charge in [0.1, 0.15) is 6.61 Å². The van der Waals surface area contributed by atoms with E-state index in [9.17, 15) is 4.79 Å². The summed E-state index contributed by atoms with van der Waals surface area (Å²) in [6, 6.07) is 7.50. The van der Waals surface area contributed by atoms with Gasteiger partial charge in [-0.1, -0.05) is 18.2 Å². The van der Waals surface area contributed by atoms with Crippen LogP contribution in [-0.4, -0.2) is 42.9 Å². The van der Waals surface area contributed by atoms with E-state index < -0.39 is 0 Å². The SMILES string of the molecule is CC(C)(C)OCCOCCN1OCc2ccccc2C1=O. The molecule has 1 aliphatic heterocycles. The maximum atomic E-state index is 12.2. The molecule has 0 bridgehead atoms. The molecule has 0 saturated heterocycles. The Labute approximate surface area is 125 Å². The fourth-order valence-electron chi connectivity index (χ4n) is 2.02. The van der Waals surface area contributed by atoms with Gasteiger partial charge in [-0.3, -0.25) is 9.63 Å². The van der Waals surface area contributed by atoms with Gasteiger partial charge in [-0.15, -0.1) is 0 Å². The minimum Gasteiger partial charge on any atom is -0.377 e. The van der Waals surface area contributed by atoms with E-state index in [1.807, 2.05) is 45.0 Å². The third-order valence-corrected chi connectivity index (χ3v) is 3.05. The van der Waals surface area contributed by atoms with Crippen LogP contribution in [0.1, 0.15) is 36.7 Å². The number of hydrogen-bond acceptors (Lipinski definition) is 4. The van der Waals surface area contributed by atoms with Gasteiger partial charge in [0.05, 0.1) is 32.0 Å². The normalized spacial score (nSPS) is 15.2. The topological polar surface area (TPSA) is 48.0 Å². The molecule has 0 N–H and O–H groups in total. The molecule has 1 aromatic carbocycles. The van der Waals surface area contributed by atoms with E-state index in [0.29, 0.717) is 38.5 Å². The molecular formula is C16H23NO4. The first-order valence-electron chi connectivity index (χ1n) is 7.22. The molecule has 0 atom stereocenters. The fraction of sp³-hybridized carbons (Fsp3) is 0.562. The lowest BCUT2D eigenvalue weighted by Gasteiger charge is -2.27. The van der Waals surface area contributed by atoms with Gasteiger partial charge in [0.25, 0.3) is 5.91 Å². The second kappa shape index (κ2) is 7.02. The predicted octanol–water partition coefficient (Wildman–Crippen LogP) is 2.41. The van der Waals surface area contributed by atoms with Gasteiger partial charge >= 0.3 is 0 Å². The van der Waals surface area contributed by atoms with Gasteiger partial charge in [-0.05, 0) is 32.4 Å². The highest BCUT2D eigenvalue weighted by Crippen LogP contribution is 2.19. The first-order chi connectivity index (χ1) is 9.97. The fourth-order valence-corrected chi connectivity index (χ4v) is 2.02. The van der Waals surface area contributed by atoms with Crippen molar-refractivity contribution < 1.29 is 19.1 Å². The molecule has 21 heavy (non-hydrogen) atoms. The summed E-state index contributed by atoms with van der Waals surface area (Å²) in [6.07, 6.45) is 0. The number of carbonyl (C=O) groups is 1. The number of nitrogens with zero attached hydrogens (tertiary/aromatic N) is 1. The zero-order chi connectivity index (χ0) is 15.3. The van der Waals surface area contributed by atoms with Crippen LogP contribution in [0.4, 0.5) is 0 Å². The summed E-state index contributed by atoms with van der Waals surface area (Å²) >= 11 is 0. The van der Waals surface area contributed by atoms with Crippen molar-refractivity contribution in [1.82, 2.24) is 5.06 Å². The van der Waals surface area contributed by atoms with E-state index in [1.54, 1.807) is 0 Å². The van der Waals surface area contributed by atoms with Gasteiger partial charge in [0, 0.05) is 5.56 Å². The number of fused-ring (bicyclic) bond motifs is 1. The Balaban J connectivity index is 1.70. The summed E-state index contributed by atoms with van der Waals surface area (Å²) < 4.78 is 11.0. The Kier molecular flexibility index (Phi) is 5.33. The van der Waals surface area contributed by atoms with Crippen LogP contribution in [0.15, 0.2) is 24.3 Å². The predicted molar refractivity (Wildman–Crippen MR) is 78.8 cm³/mol. The molecule has 1 aromatic rings. The number of rotatable bonds is 6. The van der Waals surface area contributed by atoms with Crippen molar-refractivity contribution in [2.45, 2.75) is 33.0 Å².